The normalized spacial score (nSPS) is 12.1. The van der Waals surface area contributed by atoms with Gasteiger partial charge in [-0.1, -0.05) is 6.07 Å². The summed E-state index contributed by atoms with van der Waals surface area (Å²) in [6.07, 6.45) is 1.80. The smallest absolute Gasteiger partial charge is 0.118 e. The molecular formula is C14H16N2OS. The van der Waals surface area contributed by atoms with E-state index in [0.717, 1.165) is 16.3 Å². The summed E-state index contributed by atoms with van der Waals surface area (Å²) in [4.78, 5) is 5.52. The number of thioether (sulfide) groups is 1. The lowest BCUT2D eigenvalue weighted by atomic mass is 10.3. The Labute approximate surface area is 111 Å². The maximum Gasteiger partial charge on any atom is 0.118 e. The molecule has 2 aromatic rings. The van der Waals surface area contributed by atoms with Crippen LogP contribution in [0.5, 0.6) is 5.75 Å². The van der Waals surface area contributed by atoms with E-state index in [2.05, 4.69) is 4.98 Å². The SMILES string of the molecule is COc1ccc(SC(CN)c2ccccn2)cc1. The number of hydrogen-bond donors (Lipinski definition) is 1. The predicted octanol–water partition coefficient (Wildman–Crippen LogP) is 2.88. The lowest BCUT2D eigenvalue weighted by Crippen LogP contribution is -2.10. The van der Waals surface area contributed by atoms with Crippen LogP contribution in [-0.2, 0) is 0 Å². The zero-order valence-corrected chi connectivity index (χ0v) is 11.1. The molecule has 94 valence electrons. The van der Waals surface area contributed by atoms with Crippen LogP contribution in [0.2, 0.25) is 0 Å². The Kier molecular flexibility index (Phi) is 4.61. The van der Waals surface area contributed by atoms with Crippen LogP contribution in [0.1, 0.15) is 10.9 Å². The molecule has 0 fully saturated rings. The van der Waals surface area contributed by atoms with E-state index in [0.29, 0.717) is 6.54 Å². The molecule has 1 unspecified atom stereocenters. The van der Waals surface area contributed by atoms with Crippen LogP contribution >= 0.6 is 11.8 Å². The minimum absolute atomic E-state index is 0.180. The third-order valence-corrected chi connectivity index (χ3v) is 3.83. The van der Waals surface area contributed by atoms with Crippen LogP contribution in [0.15, 0.2) is 53.6 Å². The topological polar surface area (TPSA) is 48.1 Å². The maximum atomic E-state index is 5.82. The lowest BCUT2D eigenvalue weighted by Gasteiger charge is -2.13. The van der Waals surface area contributed by atoms with Crippen molar-refractivity contribution in [1.82, 2.24) is 4.98 Å². The highest BCUT2D eigenvalue weighted by molar-refractivity contribution is 7.99. The molecule has 0 bridgehead atoms. The molecule has 3 nitrogen and oxygen atoms in total. The van der Waals surface area contributed by atoms with E-state index in [4.69, 9.17) is 10.5 Å². The van der Waals surface area contributed by atoms with Gasteiger partial charge >= 0.3 is 0 Å². The van der Waals surface area contributed by atoms with Crippen molar-refractivity contribution in [2.45, 2.75) is 10.1 Å². The molecule has 18 heavy (non-hydrogen) atoms. The Balaban J connectivity index is 2.10. The first-order valence-electron chi connectivity index (χ1n) is 5.75. The van der Waals surface area contributed by atoms with Gasteiger partial charge in [-0.15, -0.1) is 11.8 Å². The zero-order valence-electron chi connectivity index (χ0n) is 10.2. The molecule has 2 rings (SSSR count). The quantitative estimate of drug-likeness (QED) is 0.840. The van der Waals surface area contributed by atoms with Crippen molar-refractivity contribution < 1.29 is 4.74 Å². The van der Waals surface area contributed by atoms with E-state index in [1.807, 2.05) is 42.5 Å². The predicted molar refractivity (Wildman–Crippen MR) is 74.9 cm³/mol. The van der Waals surface area contributed by atoms with Crippen molar-refractivity contribution in [3.8, 4) is 5.75 Å². The van der Waals surface area contributed by atoms with Crippen molar-refractivity contribution in [3.05, 3.63) is 54.4 Å². The summed E-state index contributed by atoms with van der Waals surface area (Å²) in [5.74, 6) is 0.862. The van der Waals surface area contributed by atoms with Gasteiger partial charge in [0, 0.05) is 17.6 Å². The fraction of sp³-hybridized carbons (Fsp3) is 0.214. The van der Waals surface area contributed by atoms with Crippen molar-refractivity contribution >= 4 is 11.8 Å². The van der Waals surface area contributed by atoms with E-state index in [9.17, 15) is 0 Å². The third-order valence-electron chi connectivity index (χ3n) is 2.57. The van der Waals surface area contributed by atoms with Gasteiger partial charge in [0.25, 0.3) is 0 Å². The van der Waals surface area contributed by atoms with E-state index in [-0.39, 0.29) is 5.25 Å². The molecule has 0 aliphatic carbocycles. The van der Waals surface area contributed by atoms with Gasteiger partial charge in [-0.2, -0.15) is 0 Å². The second kappa shape index (κ2) is 6.42. The Morgan fingerprint density at radius 1 is 1.22 bits per heavy atom. The monoisotopic (exact) mass is 260 g/mol. The molecule has 1 heterocycles. The van der Waals surface area contributed by atoms with Gasteiger partial charge in [0.2, 0.25) is 0 Å². The number of aromatic nitrogens is 1. The van der Waals surface area contributed by atoms with Crippen molar-refractivity contribution in [2.75, 3.05) is 13.7 Å². The van der Waals surface area contributed by atoms with Crippen molar-refractivity contribution in [2.24, 2.45) is 5.73 Å². The number of pyridine rings is 1. The Morgan fingerprint density at radius 3 is 2.56 bits per heavy atom. The van der Waals surface area contributed by atoms with Crippen LogP contribution in [0.4, 0.5) is 0 Å². The first-order chi connectivity index (χ1) is 8.83. The lowest BCUT2D eigenvalue weighted by molar-refractivity contribution is 0.414. The summed E-state index contributed by atoms with van der Waals surface area (Å²) in [6, 6.07) is 13.9. The van der Waals surface area contributed by atoms with Gasteiger partial charge in [0.05, 0.1) is 18.1 Å². The number of nitrogens with zero attached hydrogens (tertiary/aromatic N) is 1. The van der Waals surface area contributed by atoms with Crippen molar-refractivity contribution in [3.63, 3.8) is 0 Å². The van der Waals surface area contributed by atoms with E-state index in [1.165, 1.54) is 0 Å². The average molecular weight is 260 g/mol. The number of methoxy groups -OCH3 is 1. The van der Waals surface area contributed by atoms with Crippen LogP contribution in [-0.4, -0.2) is 18.6 Å². The van der Waals surface area contributed by atoms with Crippen LogP contribution < -0.4 is 10.5 Å². The molecule has 0 amide bonds. The summed E-state index contributed by atoms with van der Waals surface area (Å²) in [7, 11) is 1.67. The molecule has 1 atom stereocenters. The van der Waals surface area contributed by atoms with E-state index < -0.39 is 0 Å². The van der Waals surface area contributed by atoms with Crippen LogP contribution in [0.25, 0.3) is 0 Å². The fourth-order valence-electron chi connectivity index (χ4n) is 1.61. The fourth-order valence-corrected chi connectivity index (χ4v) is 2.59. The summed E-state index contributed by atoms with van der Waals surface area (Å²) in [5.41, 5.74) is 6.84. The zero-order chi connectivity index (χ0) is 12.8. The molecule has 0 aliphatic rings. The standard InChI is InChI=1S/C14H16N2OS/c1-17-11-5-7-12(8-6-11)18-14(10-15)13-4-2-3-9-16-13/h2-9,14H,10,15H2,1H3. The number of hydrogen-bond acceptors (Lipinski definition) is 4. The van der Waals surface area contributed by atoms with Gasteiger partial charge < -0.3 is 10.5 Å². The molecular weight excluding hydrogens is 244 g/mol. The Morgan fingerprint density at radius 2 is 2.00 bits per heavy atom. The first-order valence-corrected chi connectivity index (χ1v) is 6.63. The number of nitrogens with two attached hydrogens (primary N) is 1. The van der Waals surface area contributed by atoms with Gasteiger partial charge in [0.15, 0.2) is 0 Å². The van der Waals surface area contributed by atoms with Gasteiger partial charge in [-0.3, -0.25) is 4.98 Å². The summed E-state index contributed by atoms with van der Waals surface area (Å²) >= 11 is 1.72. The first kappa shape index (κ1) is 12.9. The molecule has 2 N–H and O–H groups in total. The van der Waals surface area contributed by atoms with Crippen molar-refractivity contribution in [1.29, 1.82) is 0 Å². The second-order valence-corrected chi connectivity index (χ2v) is 5.05. The Bertz CT molecular complexity index is 473. The number of rotatable bonds is 5. The molecule has 0 saturated carbocycles. The molecule has 0 radical (unpaired) electrons. The molecule has 0 spiro atoms. The summed E-state index contributed by atoms with van der Waals surface area (Å²) in [5, 5.41) is 0.180. The number of ether oxygens (including phenoxy) is 1. The minimum Gasteiger partial charge on any atom is -0.497 e. The average Bonchev–Trinajstić information content (AvgIpc) is 2.46. The third kappa shape index (κ3) is 3.24. The molecule has 4 heteroatoms. The van der Waals surface area contributed by atoms with E-state index in [1.54, 1.807) is 25.1 Å². The highest BCUT2D eigenvalue weighted by Crippen LogP contribution is 2.33. The molecule has 0 aliphatic heterocycles. The number of benzene rings is 1. The van der Waals surface area contributed by atoms with Gasteiger partial charge in [0.1, 0.15) is 5.75 Å². The largest absolute Gasteiger partial charge is 0.497 e. The highest BCUT2D eigenvalue weighted by atomic mass is 32.2. The van der Waals surface area contributed by atoms with Crippen LogP contribution in [0, 0.1) is 0 Å². The molecule has 1 aromatic heterocycles. The maximum absolute atomic E-state index is 5.82. The minimum atomic E-state index is 0.180. The molecule has 1 aromatic carbocycles. The second-order valence-electron chi connectivity index (χ2n) is 3.77. The van der Waals surface area contributed by atoms with Gasteiger partial charge in [-0.25, -0.2) is 0 Å². The summed E-state index contributed by atoms with van der Waals surface area (Å²) in [6.45, 7) is 0.563. The molecule has 0 saturated heterocycles. The van der Waals surface area contributed by atoms with E-state index >= 15 is 0 Å². The van der Waals surface area contributed by atoms with Gasteiger partial charge in [-0.05, 0) is 36.4 Å². The van der Waals surface area contributed by atoms with Crippen LogP contribution in [0.3, 0.4) is 0 Å². The highest BCUT2D eigenvalue weighted by Gasteiger charge is 2.12. The summed E-state index contributed by atoms with van der Waals surface area (Å²) < 4.78 is 5.14. The Hall–Kier alpha value is -1.52.